The van der Waals surface area contributed by atoms with Crippen LogP contribution < -0.4 is 10.8 Å². The summed E-state index contributed by atoms with van der Waals surface area (Å²) < 4.78 is 10.4. The molecule has 130 valence electrons. The molecule has 0 aliphatic carbocycles. The summed E-state index contributed by atoms with van der Waals surface area (Å²) in [6.07, 6.45) is -0.246. The van der Waals surface area contributed by atoms with Gasteiger partial charge in [-0.3, -0.25) is 4.79 Å². The lowest BCUT2D eigenvalue weighted by molar-refractivity contribution is -0.150. The van der Waals surface area contributed by atoms with E-state index in [-0.39, 0.29) is 17.9 Å². The molecule has 7 heteroatoms. The average molecular weight is 333 g/mol. The summed E-state index contributed by atoms with van der Waals surface area (Å²) in [4.78, 5) is 24.8. The monoisotopic (exact) mass is 333 g/mol. The molecule has 2 N–H and O–H groups in total. The maximum absolute atomic E-state index is 12.6. The van der Waals surface area contributed by atoms with Gasteiger partial charge in [0, 0.05) is 5.56 Å². The van der Waals surface area contributed by atoms with Gasteiger partial charge in [-0.05, 0) is 49.3 Å². The lowest BCUT2D eigenvalue weighted by Gasteiger charge is -2.22. The lowest BCUT2D eigenvalue weighted by atomic mass is 9.75. The van der Waals surface area contributed by atoms with E-state index in [4.69, 9.17) is 9.39 Å². The van der Waals surface area contributed by atoms with Gasteiger partial charge in [0.25, 0.3) is 5.91 Å². The van der Waals surface area contributed by atoms with Crippen molar-refractivity contribution >= 4 is 24.5 Å². The van der Waals surface area contributed by atoms with E-state index in [1.807, 2.05) is 13.8 Å². The molecule has 1 aromatic rings. The zero-order chi connectivity index (χ0) is 18.0. The molecule has 1 aliphatic rings. The molecule has 1 aromatic carbocycles. The van der Waals surface area contributed by atoms with Crippen molar-refractivity contribution in [3.05, 3.63) is 28.8 Å². The van der Waals surface area contributed by atoms with Crippen molar-refractivity contribution < 1.29 is 24.0 Å². The van der Waals surface area contributed by atoms with Crippen LogP contribution in [0, 0.1) is 12.8 Å². The van der Waals surface area contributed by atoms with Crippen LogP contribution in [0.15, 0.2) is 12.1 Å². The number of nitrogens with one attached hydrogen (secondary N) is 1. The summed E-state index contributed by atoms with van der Waals surface area (Å²) in [6, 6.07) is 2.73. The van der Waals surface area contributed by atoms with E-state index in [2.05, 4.69) is 5.32 Å². The van der Waals surface area contributed by atoms with Crippen LogP contribution in [0.4, 0.5) is 0 Å². The molecule has 1 aliphatic heterocycles. The first-order chi connectivity index (χ1) is 11.2. The zero-order valence-electron chi connectivity index (χ0n) is 14.8. The quantitative estimate of drug-likeness (QED) is 0.618. The highest BCUT2D eigenvalue weighted by atomic mass is 16.5. The van der Waals surface area contributed by atoms with Gasteiger partial charge < -0.3 is 19.7 Å². The Morgan fingerprint density at radius 1 is 1.29 bits per heavy atom. The van der Waals surface area contributed by atoms with Crippen molar-refractivity contribution in [2.45, 2.75) is 53.4 Å². The number of fused-ring (bicyclic) bond motifs is 1. The number of rotatable bonds is 5. The first-order valence-corrected chi connectivity index (χ1v) is 8.15. The molecular formula is C17H24BNO5. The SMILES string of the molecule is Cc1c(C(=O)N[C@H](C(=O)OC(C)C)C(C)C)ccc2c1B(O)OC2. The van der Waals surface area contributed by atoms with E-state index in [0.29, 0.717) is 23.2 Å². The van der Waals surface area contributed by atoms with E-state index in [0.717, 1.165) is 5.56 Å². The number of carbonyl (C=O) groups is 2. The van der Waals surface area contributed by atoms with Crippen molar-refractivity contribution in [2.24, 2.45) is 5.92 Å². The van der Waals surface area contributed by atoms with Crippen molar-refractivity contribution in [3.63, 3.8) is 0 Å². The normalized spacial score (nSPS) is 14.8. The summed E-state index contributed by atoms with van der Waals surface area (Å²) in [5.74, 6) is -0.923. The van der Waals surface area contributed by atoms with Gasteiger partial charge >= 0.3 is 13.1 Å². The van der Waals surface area contributed by atoms with Gasteiger partial charge in [-0.25, -0.2) is 4.79 Å². The van der Waals surface area contributed by atoms with Crippen molar-refractivity contribution in [3.8, 4) is 0 Å². The molecule has 0 fully saturated rings. The number of ether oxygens (including phenoxy) is 1. The minimum Gasteiger partial charge on any atom is -0.461 e. The van der Waals surface area contributed by atoms with Gasteiger partial charge in [-0.2, -0.15) is 0 Å². The third kappa shape index (κ3) is 3.79. The molecule has 0 unspecified atom stereocenters. The highest BCUT2D eigenvalue weighted by Gasteiger charge is 2.32. The van der Waals surface area contributed by atoms with E-state index >= 15 is 0 Å². The van der Waals surface area contributed by atoms with Crippen LogP contribution in [0.3, 0.4) is 0 Å². The molecule has 0 bridgehead atoms. The summed E-state index contributed by atoms with van der Waals surface area (Å²) in [7, 11) is -1.01. The molecule has 6 nitrogen and oxygen atoms in total. The summed E-state index contributed by atoms with van der Waals surface area (Å²) >= 11 is 0. The molecule has 0 aromatic heterocycles. The molecule has 24 heavy (non-hydrogen) atoms. The fourth-order valence-corrected chi connectivity index (χ4v) is 2.77. The largest absolute Gasteiger partial charge is 0.492 e. The molecule has 1 heterocycles. The first kappa shape index (κ1) is 18.5. The van der Waals surface area contributed by atoms with Gasteiger partial charge in [0.05, 0.1) is 12.7 Å². The Morgan fingerprint density at radius 3 is 2.54 bits per heavy atom. The summed E-state index contributed by atoms with van der Waals surface area (Å²) in [5, 5.41) is 12.6. The first-order valence-electron chi connectivity index (χ1n) is 8.15. The van der Waals surface area contributed by atoms with Gasteiger partial charge in [-0.15, -0.1) is 0 Å². The predicted octanol–water partition coefficient (Wildman–Crippen LogP) is 0.919. The van der Waals surface area contributed by atoms with Gasteiger partial charge in [0.1, 0.15) is 6.04 Å². The van der Waals surface area contributed by atoms with E-state index in [1.54, 1.807) is 32.9 Å². The molecule has 1 atom stereocenters. The molecule has 0 radical (unpaired) electrons. The Morgan fingerprint density at radius 2 is 1.96 bits per heavy atom. The lowest BCUT2D eigenvalue weighted by Crippen LogP contribution is -2.46. The minimum atomic E-state index is -1.01. The smallest absolute Gasteiger partial charge is 0.461 e. The fourth-order valence-electron chi connectivity index (χ4n) is 2.77. The van der Waals surface area contributed by atoms with Crippen LogP contribution in [0.25, 0.3) is 0 Å². The average Bonchev–Trinajstić information content (AvgIpc) is 2.86. The van der Waals surface area contributed by atoms with E-state index in [9.17, 15) is 14.6 Å². The number of esters is 1. The predicted molar refractivity (Wildman–Crippen MR) is 90.9 cm³/mol. The zero-order valence-corrected chi connectivity index (χ0v) is 14.8. The number of amides is 1. The molecular weight excluding hydrogens is 309 g/mol. The second-order valence-corrected chi connectivity index (χ2v) is 6.66. The van der Waals surface area contributed by atoms with Crippen molar-refractivity contribution in [1.29, 1.82) is 0 Å². The topological polar surface area (TPSA) is 84.9 Å². The number of hydrogen-bond acceptors (Lipinski definition) is 5. The number of benzene rings is 1. The van der Waals surface area contributed by atoms with Gasteiger partial charge in [0.15, 0.2) is 0 Å². The Kier molecular flexibility index (Phi) is 5.67. The fraction of sp³-hybridized carbons (Fsp3) is 0.529. The standard InChI is InChI=1S/C17H24BNO5/c1-9(2)15(17(21)24-10(3)4)19-16(20)13-7-6-12-8-23-18(22)14(12)11(13)5/h6-7,9-10,15,22H,8H2,1-5H3,(H,19,20)/t15-/m0/s1. The van der Waals surface area contributed by atoms with E-state index < -0.39 is 19.1 Å². The molecule has 1 amide bonds. The Labute approximate surface area is 142 Å². The van der Waals surface area contributed by atoms with Crippen LogP contribution in [-0.2, 0) is 20.8 Å². The second-order valence-electron chi connectivity index (χ2n) is 6.66. The van der Waals surface area contributed by atoms with Crippen molar-refractivity contribution in [2.75, 3.05) is 0 Å². The summed E-state index contributed by atoms with van der Waals surface area (Å²) in [5.41, 5.74) is 2.58. The van der Waals surface area contributed by atoms with Crippen LogP contribution in [0.2, 0.25) is 0 Å². The Bertz CT molecular complexity index is 644. The molecule has 2 rings (SSSR count). The third-order valence-corrected chi connectivity index (χ3v) is 4.05. The Hall–Kier alpha value is -1.86. The second kappa shape index (κ2) is 7.36. The van der Waals surface area contributed by atoms with Crippen LogP contribution in [-0.4, -0.2) is 36.2 Å². The molecule has 0 saturated carbocycles. The van der Waals surface area contributed by atoms with Crippen LogP contribution in [0.1, 0.15) is 49.2 Å². The number of hydrogen-bond donors (Lipinski definition) is 2. The summed E-state index contributed by atoms with van der Waals surface area (Å²) in [6.45, 7) is 9.32. The van der Waals surface area contributed by atoms with Gasteiger partial charge in [-0.1, -0.05) is 19.9 Å². The molecule has 0 saturated heterocycles. The highest BCUT2D eigenvalue weighted by Crippen LogP contribution is 2.17. The third-order valence-electron chi connectivity index (χ3n) is 4.05. The van der Waals surface area contributed by atoms with Crippen LogP contribution >= 0.6 is 0 Å². The van der Waals surface area contributed by atoms with Gasteiger partial charge in [0.2, 0.25) is 0 Å². The van der Waals surface area contributed by atoms with Crippen LogP contribution in [0.5, 0.6) is 0 Å². The van der Waals surface area contributed by atoms with Crippen molar-refractivity contribution in [1.82, 2.24) is 5.32 Å². The Balaban J connectivity index is 2.22. The number of carbonyl (C=O) groups excluding carboxylic acids is 2. The maximum atomic E-state index is 12.6. The van der Waals surface area contributed by atoms with E-state index in [1.165, 1.54) is 0 Å². The maximum Gasteiger partial charge on any atom is 0.492 e. The molecule has 0 spiro atoms. The minimum absolute atomic E-state index is 0.108. The highest BCUT2D eigenvalue weighted by molar-refractivity contribution is 6.62.